The van der Waals surface area contributed by atoms with Gasteiger partial charge in [-0.2, -0.15) is 0 Å². The van der Waals surface area contributed by atoms with E-state index < -0.39 is 0 Å². The van der Waals surface area contributed by atoms with Crippen molar-refractivity contribution < 1.29 is 4.74 Å². The first-order valence-corrected chi connectivity index (χ1v) is 10.2. The fourth-order valence-electron chi connectivity index (χ4n) is 2.82. The largest absolute Gasteiger partial charge is 0.497 e. The summed E-state index contributed by atoms with van der Waals surface area (Å²) in [5.74, 6) is 1.72. The minimum atomic E-state index is 0.840. The van der Waals surface area contributed by atoms with Crippen molar-refractivity contribution in [3.05, 3.63) is 71.4 Å². The zero-order chi connectivity index (χ0) is 17.9. The van der Waals surface area contributed by atoms with Crippen LogP contribution in [0, 0.1) is 6.92 Å². The lowest BCUT2D eigenvalue weighted by molar-refractivity contribution is 0.414. The number of methoxy groups -OCH3 is 1. The van der Waals surface area contributed by atoms with Gasteiger partial charge in [0.25, 0.3) is 0 Å². The van der Waals surface area contributed by atoms with Crippen molar-refractivity contribution in [1.82, 2.24) is 9.97 Å². The standard InChI is InChI=1S/C21H18N2OS2/c1-14-6-8-16(9-7-14)18-12-26-21-19(18)20(22-13-23-21)25-11-15-4-3-5-17(10-15)24-2/h3-10,12-13H,11H2,1-2H3. The highest BCUT2D eigenvalue weighted by Gasteiger charge is 2.13. The van der Waals surface area contributed by atoms with Crippen molar-refractivity contribution in [2.45, 2.75) is 17.7 Å². The zero-order valence-electron chi connectivity index (χ0n) is 14.6. The molecule has 0 saturated heterocycles. The fraction of sp³-hybridized carbons (Fsp3) is 0.143. The highest BCUT2D eigenvalue weighted by Crippen LogP contribution is 2.38. The van der Waals surface area contributed by atoms with E-state index in [1.807, 2.05) is 12.1 Å². The summed E-state index contributed by atoms with van der Waals surface area (Å²) in [5.41, 5.74) is 4.89. The van der Waals surface area contributed by atoms with Gasteiger partial charge in [-0.15, -0.1) is 23.1 Å². The van der Waals surface area contributed by atoms with Gasteiger partial charge in [0.1, 0.15) is 21.9 Å². The van der Waals surface area contributed by atoms with Gasteiger partial charge in [0.2, 0.25) is 0 Å². The second kappa shape index (κ2) is 7.48. The molecule has 0 atom stereocenters. The van der Waals surface area contributed by atoms with Crippen molar-refractivity contribution in [3.8, 4) is 16.9 Å². The average Bonchev–Trinajstić information content (AvgIpc) is 3.12. The van der Waals surface area contributed by atoms with Crippen LogP contribution in [-0.2, 0) is 5.75 Å². The van der Waals surface area contributed by atoms with Crippen LogP contribution in [0.5, 0.6) is 5.75 Å². The number of hydrogen-bond acceptors (Lipinski definition) is 5. The van der Waals surface area contributed by atoms with E-state index in [-0.39, 0.29) is 0 Å². The number of aromatic nitrogens is 2. The number of benzene rings is 2. The molecule has 130 valence electrons. The Labute approximate surface area is 161 Å². The van der Waals surface area contributed by atoms with Gasteiger partial charge in [-0.1, -0.05) is 42.0 Å². The molecule has 2 aromatic carbocycles. The smallest absolute Gasteiger partial charge is 0.128 e. The molecular weight excluding hydrogens is 360 g/mol. The topological polar surface area (TPSA) is 35.0 Å². The van der Waals surface area contributed by atoms with Crippen molar-refractivity contribution in [2.24, 2.45) is 0 Å². The van der Waals surface area contributed by atoms with E-state index in [2.05, 4.69) is 58.7 Å². The highest BCUT2D eigenvalue weighted by atomic mass is 32.2. The minimum absolute atomic E-state index is 0.840. The molecule has 0 N–H and O–H groups in total. The summed E-state index contributed by atoms with van der Waals surface area (Å²) in [6.07, 6.45) is 1.66. The number of thiophene rings is 1. The molecule has 3 nitrogen and oxygen atoms in total. The number of nitrogens with zero attached hydrogens (tertiary/aromatic N) is 2. The Morgan fingerprint density at radius 3 is 2.73 bits per heavy atom. The third-order valence-electron chi connectivity index (χ3n) is 4.21. The van der Waals surface area contributed by atoms with Crippen molar-refractivity contribution >= 4 is 33.3 Å². The molecule has 0 fully saturated rings. The summed E-state index contributed by atoms with van der Waals surface area (Å²) in [4.78, 5) is 10.1. The van der Waals surface area contributed by atoms with Gasteiger partial charge >= 0.3 is 0 Å². The number of ether oxygens (including phenoxy) is 1. The molecule has 0 amide bonds. The molecule has 4 aromatic rings. The molecule has 5 heteroatoms. The van der Waals surface area contributed by atoms with Crippen molar-refractivity contribution in [2.75, 3.05) is 7.11 Å². The summed E-state index contributed by atoms with van der Waals surface area (Å²) in [7, 11) is 1.69. The SMILES string of the molecule is COc1cccc(CSc2ncnc3scc(-c4ccc(C)cc4)c23)c1. The lowest BCUT2D eigenvalue weighted by atomic mass is 10.1. The van der Waals surface area contributed by atoms with Crippen LogP contribution in [-0.4, -0.2) is 17.1 Å². The number of fused-ring (bicyclic) bond motifs is 1. The lowest BCUT2D eigenvalue weighted by Crippen LogP contribution is -1.89. The first-order chi connectivity index (χ1) is 12.7. The summed E-state index contributed by atoms with van der Waals surface area (Å²) < 4.78 is 5.32. The van der Waals surface area contributed by atoms with Crippen LogP contribution in [0.3, 0.4) is 0 Å². The molecule has 0 unspecified atom stereocenters. The predicted molar refractivity (Wildman–Crippen MR) is 110 cm³/mol. The van der Waals surface area contributed by atoms with Crippen LogP contribution < -0.4 is 4.74 Å². The third kappa shape index (κ3) is 3.45. The molecule has 0 spiro atoms. The van der Waals surface area contributed by atoms with Crippen LogP contribution in [0.15, 0.2) is 65.3 Å². The average molecular weight is 379 g/mol. The molecule has 0 radical (unpaired) electrons. The lowest BCUT2D eigenvalue weighted by Gasteiger charge is -2.07. The maximum Gasteiger partial charge on any atom is 0.128 e. The van der Waals surface area contributed by atoms with Gasteiger partial charge in [-0.3, -0.25) is 0 Å². The Morgan fingerprint density at radius 1 is 1.08 bits per heavy atom. The molecule has 2 heterocycles. The quantitative estimate of drug-likeness (QED) is 0.317. The number of aryl methyl sites for hydroxylation is 1. The van der Waals surface area contributed by atoms with Gasteiger partial charge in [-0.05, 0) is 30.2 Å². The molecule has 0 aliphatic rings. The van der Waals surface area contributed by atoms with Gasteiger partial charge in [0.05, 0.1) is 12.5 Å². The van der Waals surface area contributed by atoms with Gasteiger partial charge < -0.3 is 4.74 Å². The third-order valence-corrected chi connectivity index (χ3v) is 6.15. The summed E-state index contributed by atoms with van der Waals surface area (Å²) in [5, 5.41) is 4.35. The van der Waals surface area contributed by atoms with E-state index >= 15 is 0 Å². The Balaban J connectivity index is 1.68. The van der Waals surface area contributed by atoms with E-state index in [9.17, 15) is 0 Å². The molecule has 2 aromatic heterocycles. The second-order valence-corrected chi connectivity index (χ2v) is 7.84. The maximum atomic E-state index is 5.32. The monoisotopic (exact) mass is 378 g/mol. The van der Waals surface area contributed by atoms with Crippen molar-refractivity contribution in [1.29, 1.82) is 0 Å². The Kier molecular flexibility index (Phi) is 4.91. The molecular formula is C21H18N2OS2. The minimum Gasteiger partial charge on any atom is -0.497 e. The van der Waals surface area contributed by atoms with E-state index in [1.54, 1.807) is 36.5 Å². The molecule has 0 saturated carbocycles. The van der Waals surface area contributed by atoms with E-state index in [1.165, 1.54) is 22.3 Å². The summed E-state index contributed by atoms with van der Waals surface area (Å²) >= 11 is 3.41. The van der Waals surface area contributed by atoms with E-state index in [0.29, 0.717) is 0 Å². The number of rotatable bonds is 5. The maximum absolute atomic E-state index is 5.32. The molecule has 26 heavy (non-hydrogen) atoms. The number of thioether (sulfide) groups is 1. The molecule has 0 bridgehead atoms. The summed E-state index contributed by atoms with van der Waals surface area (Å²) in [6.45, 7) is 2.11. The van der Waals surface area contributed by atoms with Crippen LogP contribution >= 0.6 is 23.1 Å². The number of hydrogen-bond donors (Lipinski definition) is 0. The fourth-order valence-corrected chi connectivity index (χ4v) is 4.75. The van der Waals surface area contributed by atoms with Crippen molar-refractivity contribution in [3.63, 3.8) is 0 Å². The predicted octanol–water partition coefficient (Wildman–Crippen LogP) is 5.97. The molecule has 0 aliphatic carbocycles. The molecule has 4 rings (SSSR count). The van der Waals surface area contributed by atoms with Gasteiger partial charge in [0, 0.05) is 16.7 Å². The second-order valence-electron chi connectivity index (χ2n) is 6.01. The highest BCUT2D eigenvalue weighted by molar-refractivity contribution is 7.98. The first kappa shape index (κ1) is 17.1. The molecule has 0 aliphatic heterocycles. The van der Waals surface area contributed by atoms with Crippen LogP contribution in [0.1, 0.15) is 11.1 Å². The first-order valence-electron chi connectivity index (χ1n) is 8.29. The Morgan fingerprint density at radius 2 is 1.92 bits per heavy atom. The summed E-state index contributed by atoms with van der Waals surface area (Å²) in [6, 6.07) is 16.8. The normalized spacial score (nSPS) is 11.0. The van der Waals surface area contributed by atoms with Crippen LogP contribution in [0.2, 0.25) is 0 Å². The van der Waals surface area contributed by atoms with E-state index in [0.717, 1.165) is 26.7 Å². The van der Waals surface area contributed by atoms with Crippen LogP contribution in [0.25, 0.3) is 21.3 Å². The zero-order valence-corrected chi connectivity index (χ0v) is 16.2. The Hall–Kier alpha value is -2.37. The van der Waals surface area contributed by atoms with Gasteiger partial charge in [0.15, 0.2) is 0 Å². The van der Waals surface area contributed by atoms with Crippen LogP contribution in [0.4, 0.5) is 0 Å². The van der Waals surface area contributed by atoms with Gasteiger partial charge in [-0.25, -0.2) is 9.97 Å². The van der Waals surface area contributed by atoms with E-state index in [4.69, 9.17) is 4.74 Å². The Bertz CT molecular complexity index is 1040.